The van der Waals surface area contributed by atoms with Crippen molar-refractivity contribution in [2.45, 2.75) is 75.6 Å². The van der Waals surface area contributed by atoms with Crippen LogP contribution in [0.1, 0.15) is 63.9 Å². The number of hydrogen-bond donors (Lipinski definition) is 1. The van der Waals surface area contributed by atoms with Crippen molar-refractivity contribution in [1.82, 2.24) is 9.62 Å². The van der Waals surface area contributed by atoms with Crippen molar-refractivity contribution in [3.8, 4) is 0 Å². The molecule has 2 amide bonds. The fraction of sp³-hybridized carbons (Fsp3) is 0.652. The molecule has 3 aliphatic rings. The van der Waals surface area contributed by atoms with E-state index in [-0.39, 0.29) is 35.7 Å². The van der Waals surface area contributed by atoms with Crippen molar-refractivity contribution in [2.24, 2.45) is 5.92 Å². The highest BCUT2D eigenvalue weighted by Crippen LogP contribution is 2.32. The van der Waals surface area contributed by atoms with Crippen LogP contribution in [0.5, 0.6) is 0 Å². The van der Waals surface area contributed by atoms with Crippen molar-refractivity contribution < 1.29 is 18.0 Å². The Morgan fingerprint density at radius 3 is 2.48 bits per heavy atom. The quantitative estimate of drug-likeness (QED) is 0.752. The zero-order chi connectivity index (χ0) is 22.0. The lowest BCUT2D eigenvalue weighted by Crippen LogP contribution is -2.46. The van der Waals surface area contributed by atoms with Crippen LogP contribution in [0.15, 0.2) is 23.1 Å². The van der Waals surface area contributed by atoms with E-state index in [0.29, 0.717) is 31.1 Å². The molecule has 8 heteroatoms. The van der Waals surface area contributed by atoms with Crippen molar-refractivity contribution >= 4 is 27.5 Å². The number of hydrogen-bond acceptors (Lipinski definition) is 4. The van der Waals surface area contributed by atoms with Gasteiger partial charge in [-0.05, 0) is 61.8 Å². The average molecular weight is 448 g/mol. The molecule has 0 bridgehead atoms. The van der Waals surface area contributed by atoms with E-state index in [1.807, 2.05) is 0 Å². The zero-order valence-corrected chi connectivity index (χ0v) is 19.1. The van der Waals surface area contributed by atoms with Gasteiger partial charge in [0.25, 0.3) is 0 Å². The number of sulfonamides is 1. The molecular weight excluding hydrogens is 414 g/mol. The minimum atomic E-state index is -3.54. The minimum Gasteiger partial charge on any atom is -0.352 e. The number of anilines is 1. The molecule has 1 saturated carbocycles. The maximum Gasteiger partial charge on any atom is 0.243 e. The first kappa shape index (κ1) is 22.3. The molecule has 4 rings (SSSR count). The molecule has 1 aromatic carbocycles. The predicted molar refractivity (Wildman–Crippen MR) is 119 cm³/mol. The summed E-state index contributed by atoms with van der Waals surface area (Å²) >= 11 is 0. The molecule has 31 heavy (non-hydrogen) atoms. The smallest absolute Gasteiger partial charge is 0.243 e. The van der Waals surface area contributed by atoms with Crippen LogP contribution in [0.25, 0.3) is 0 Å². The maximum absolute atomic E-state index is 13.1. The van der Waals surface area contributed by atoms with Gasteiger partial charge >= 0.3 is 0 Å². The summed E-state index contributed by atoms with van der Waals surface area (Å²) in [5.41, 5.74) is 1.47. The molecule has 0 radical (unpaired) electrons. The van der Waals surface area contributed by atoms with Gasteiger partial charge in [-0.25, -0.2) is 8.42 Å². The number of carbonyl (C=O) groups excluding carboxylic acids is 2. The number of carbonyl (C=O) groups is 2. The molecule has 1 saturated heterocycles. The van der Waals surface area contributed by atoms with Crippen molar-refractivity contribution in [1.29, 1.82) is 0 Å². The summed E-state index contributed by atoms with van der Waals surface area (Å²) in [6, 6.07) is 5.16. The number of aryl methyl sites for hydroxylation is 1. The molecule has 0 unspecified atom stereocenters. The lowest BCUT2D eigenvalue weighted by molar-refractivity contribution is -0.124. The summed E-state index contributed by atoms with van der Waals surface area (Å²) in [7, 11) is -3.54. The predicted octanol–water partition coefficient (Wildman–Crippen LogP) is 2.84. The third-order valence-electron chi connectivity index (χ3n) is 6.90. The van der Waals surface area contributed by atoms with Crippen LogP contribution in [-0.4, -0.2) is 50.2 Å². The van der Waals surface area contributed by atoms with E-state index in [9.17, 15) is 18.0 Å². The van der Waals surface area contributed by atoms with Gasteiger partial charge in [-0.1, -0.05) is 26.2 Å². The van der Waals surface area contributed by atoms with Gasteiger partial charge in [-0.3, -0.25) is 9.59 Å². The average Bonchev–Trinajstić information content (AvgIpc) is 2.76. The fourth-order valence-electron chi connectivity index (χ4n) is 4.91. The van der Waals surface area contributed by atoms with Gasteiger partial charge < -0.3 is 10.2 Å². The number of piperidine rings is 1. The summed E-state index contributed by atoms with van der Waals surface area (Å²) < 4.78 is 27.8. The molecule has 2 heterocycles. The summed E-state index contributed by atoms with van der Waals surface area (Å²) in [5.74, 6) is 0.313. The number of amides is 2. The van der Waals surface area contributed by atoms with Gasteiger partial charge in [0.05, 0.1) is 4.90 Å². The zero-order valence-electron chi connectivity index (χ0n) is 18.3. The molecule has 1 N–H and O–H groups in total. The topological polar surface area (TPSA) is 86.8 Å². The number of nitrogens with one attached hydrogen (secondary N) is 1. The first-order chi connectivity index (χ1) is 14.8. The number of benzene rings is 1. The van der Waals surface area contributed by atoms with Crippen molar-refractivity contribution in [3.05, 3.63) is 23.8 Å². The Morgan fingerprint density at radius 1 is 1.06 bits per heavy atom. The SMILES string of the molecule is CC1CCN(S(=O)(=O)c2ccc3c(c2)CCC(=O)N3CC(=O)NC2CCCCC2)CC1. The number of nitrogens with zero attached hydrogens (tertiary/aromatic N) is 2. The molecule has 1 aliphatic carbocycles. The molecule has 170 valence electrons. The molecule has 0 aromatic heterocycles. The Kier molecular flexibility index (Phi) is 6.67. The van der Waals surface area contributed by atoms with E-state index >= 15 is 0 Å². The van der Waals surface area contributed by atoms with Gasteiger partial charge in [-0.15, -0.1) is 0 Å². The Balaban J connectivity index is 1.49. The monoisotopic (exact) mass is 447 g/mol. The number of rotatable bonds is 5. The van der Waals surface area contributed by atoms with Crippen LogP contribution in [0, 0.1) is 5.92 Å². The Hall–Kier alpha value is -1.93. The molecule has 2 fully saturated rings. The van der Waals surface area contributed by atoms with Gasteiger partial charge in [0.1, 0.15) is 6.54 Å². The van der Waals surface area contributed by atoms with Gasteiger partial charge in [0, 0.05) is 31.2 Å². The Labute approximate surface area is 185 Å². The summed E-state index contributed by atoms with van der Waals surface area (Å²) in [6.07, 6.45) is 7.99. The molecule has 1 aromatic rings. The Bertz CT molecular complexity index is 932. The first-order valence-corrected chi connectivity index (χ1v) is 13.0. The van der Waals surface area contributed by atoms with E-state index in [1.165, 1.54) is 11.3 Å². The van der Waals surface area contributed by atoms with Gasteiger partial charge in [0.2, 0.25) is 21.8 Å². The fourth-order valence-corrected chi connectivity index (χ4v) is 6.43. The van der Waals surface area contributed by atoms with Gasteiger partial charge in [0.15, 0.2) is 0 Å². The van der Waals surface area contributed by atoms with Crippen LogP contribution >= 0.6 is 0 Å². The standard InChI is InChI=1S/C23H33N3O4S/c1-17-11-13-25(14-12-17)31(29,30)20-8-9-21-18(15-20)7-10-23(28)26(21)16-22(27)24-19-5-3-2-4-6-19/h8-9,15,17,19H,2-7,10-14,16H2,1H3,(H,24,27). The second-order valence-corrected chi connectivity index (χ2v) is 11.2. The van der Waals surface area contributed by atoms with Gasteiger partial charge in [-0.2, -0.15) is 4.31 Å². The third kappa shape index (κ3) is 4.95. The van der Waals surface area contributed by atoms with Crippen LogP contribution in [0.3, 0.4) is 0 Å². The minimum absolute atomic E-state index is 0.0154. The normalized spacial score (nSPS) is 21.7. The van der Waals surface area contributed by atoms with Crippen LogP contribution in [0.4, 0.5) is 5.69 Å². The highest BCUT2D eigenvalue weighted by atomic mass is 32.2. The van der Waals surface area contributed by atoms with E-state index < -0.39 is 10.0 Å². The van der Waals surface area contributed by atoms with E-state index in [4.69, 9.17) is 0 Å². The number of fused-ring (bicyclic) bond motifs is 1. The highest BCUT2D eigenvalue weighted by Gasteiger charge is 2.31. The molecule has 0 atom stereocenters. The second-order valence-electron chi connectivity index (χ2n) is 9.26. The Morgan fingerprint density at radius 2 is 1.77 bits per heavy atom. The van der Waals surface area contributed by atoms with E-state index in [1.54, 1.807) is 22.5 Å². The lowest BCUT2D eigenvalue weighted by Gasteiger charge is -2.32. The van der Waals surface area contributed by atoms with E-state index in [0.717, 1.165) is 44.1 Å². The van der Waals surface area contributed by atoms with Crippen molar-refractivity contribution in [2.75, 3.05) is 24.5 Å². The molecule has 0 spiro atoms. The largest absolute Gasteiger partial charge is 0.352 e. The van der Waals surface area contributed by atoms with Crippen LogP contribution in [0.2, 0.25) is 0 Å². The molecule has 2 aliphatic heterocycles. The first-order valence-electron chi connectivity index (χ1n) is 11.6. The molecule has 7 nitrogen and oxygen atoms in total. The summed E-state index contributed by atoms with van der Waals surface area (Å²) in [6.45, 7) is 3.23. The molecular formula is C23H33N3O4S. The van der Waals surface area contributed by atoms with E-state index in [2.05, 4.69) is 12.2 Å². The lowest BCUT2D eigenvalue weighted by atomic mass is 9.95. The second kappa shape index (κ2) is 9.28. The highest BCUT2D eigenvalue weighted by molar-refractivity contribution is 7.89. The maximum atomic E-state index is 13.1. The van der Waals surface area contributed by atoms with Crippen molar-refractivity contribution in [3.63, 3.8) is 0 Å². The third-order valence-corrected chi connectivity index (χ3v) is 8.80. The summed E-state index contributed by atoms with van der Waals surface area (Å²) in [5, 5.41) is 3.06. The summed E-state index contributed by atoms with van der Waals surface area (Å²) in [4.78, 5) is 26.9. The van der Waals surface area contributed by atoms with Crippen LogP contribution in [-0.2, 0) is 26.0 Å². The van der Waals surface area contributed by atoms with Crippen LogP contribution < -0.4 is 10.2 Å².